The van der Waals surface area contributed by atoms with Gasteiger partial charge in [-0.2, -0.15) is 0 Å². The fourth-order valence-corrected chi connectivity index (χ4v) is 5.88. The van der Waals surface area contributed by atoms with Crippen LogP contribution in [-0.4, -0.2) is 58.9 Å². The number of anilines is 1. The number of imide groups is 2. The van der Waals surface area contributed by atoms with Gasteiger partial charge in [0.25, 0.3) is 0 Å². The largest absolute Gasteiger partial charge is 0.367 e. The first-order valence-corrected chi connectivity index (χ1v) is 10.9. The number of barbiturate groups is 1. The highest BCUT2D eigenvalue weighted by Gasteiger charge is 2.63. The zero-order valence-corrected chi connectivity index (χ0v) is 18.5. The molecule has 162 valence electrons. The molecule has 31 heavy (non-hydrogen) atoms. The number of benzene rings is 1. The third-order valence-electron chi connectivity index (χ3n) is 7.39. The summed E-state index contributed by atoms with van der Waals surface area (Å²) >= 11 is 0. The quantitative estimate of drug-likeness (QED) is 0.665. The first-order chi connectivity index (χ1) is 14.8. The van der Waals surface area contributed by atoms with Crippen molar-refractivity contribution in [3.63, 3.8) is 0 Å². The molecular formula is C24H28N4O3. The summed E-state index contributed by atoms with van der Waals surface area (Å²) in [4.78, 5) is 44.1. The molecule has 4 amide bonds. The number of nitrogens with zero attached hydrogens (tertiary/aromatic N) is 4. The number of fused-ring (bicyclic) bond motifs is 4. The average molecular weight is 421 g/mol. The number of amides is 4. The molecular weight excluding hydrogens is 392 g/mol. The SMILES string of the molecule is Cc1ccc(C)n1-c1ccc2c(c1)CC1(C(=O)N(C)C(=O)N(C)C1=O)[C@@H]1CCCCN21. The highest BCUT2D eigenvalue weighted by molar-refractivity contribution is 6.20. The van der Waals surface area contributed by atoms with Crippen LogP contribution in [0, 0.1) is 19.3 Å². The molecule has 1 atom stereocenters. The molecule has 2 fully saturated rings. The van der Waals surface area contributed by atoms with Crippen LogP contribution < -0.4 is 4.90 Å². The van der Waals surface area contributed by atoms with E-state index in [-0.39, 0.29) is 17.9 Å². The van der Waals surface area contributed by atoms with E-state index in [1.807, 2.05) is 0 Å². The Bertz CT molecular complexity index is 1070. The van der Waals surface area contributed by atoms with Crippen LogP contribution in [0.2, 0.25) is 0 Å². The number of aromatic nitrogens is 1. The lowest BCUT2D eigenvalue weighted by Crippen LogP contribution is -2.72. The summed E-state index contributed by atoms with van der Waals surface area (Å²) in [5.41, 5.74) is 4.12. The molecule has 1 aromatic heterocycles. The molecule has 0 radical (unpaired) electrons. The minimum absolute atomic E-state index is 0.229. The molecule has 0 unspecified atom stereocenters. The normalized spacial score (nSPS) is 22.8. The van der Waals surface area contributed by atoms with Crippen molar-refractivity contribution in [3.05, 3.63) is 47.3 Å². The minimum Gasteiger partial charge on any atom is -0.367 e. The van der Waals surface area contributed by atoms with Gasteiger partial charge in [0.05, 0.1) is 6.04 Å². The van der Waals surface area contributed by atoms with E-state index in [1.165, 1.54) is 14.1 Å². The van der Waals surface area contributed by atoms with Crippen LogP contribution >= 0.6 is 0 Å². The summed E-state index contributed by atoms with van der Waals surface area (Å²) in [5, 5.41) is 0. The third kappa shape index (κ3) is 2.55. The van der Waals surface area contributed by atoms with Crippen LogP contribution in [0.5, 0.6) is 0 Å². The summed E-state index contributed by atoms with van der Waals surface area (Å²) in [7, 11) is 2.97. The van der Waals surface area contributed by atoms with Gasteiger partial charge in [-0.25, -0.2) is 4.79 Å². The van der Waals surface area contributed by atoms with Crippen LogP contribution in [0.3, 0.4) is 0 Å². The van der Waals surface area contributed by atoms with Crippen molar-refractivity contribution >= 4 is 23.5 Å². The van der Waals surface area contributed by atoms with Crippen LogP contribution in [0.15, 0.2) is 30.3 Å². The zero-order valence-electron chi connectivity index (χ0n) is 18.5. The maximum atomic E-state index is 13.6. The van der Waals surface area contributed by atoms with Gasteiger partial charge < -0.3 is 9.47 Å². The number of carbonyl (C=O) groups excluding carboxylic acids is 3. The Labute approximate surface area is 182 Å². The van der Waals surface area contributed by atoms with Gasteiger partial charge in [0.2, 0.25) is 11.8 Å². The van der Waals surface area contributed by atoms with Gasteiger partial charge in [-0.3, -0.25) is 19.4 Å². The Morgan fingerprint density at radius 1 is 0.903 bits per heavy atom. The molecule has 0 bridgehead atoms. The van der Waals surface area contributed by atoms with Gasteiger partial charge in [0.1, 0.15) is 0 Å². The van der Waals surface area contributed by atoms with Crippen LogP contribution in [0.4, 0.5) is 10.5 Å². The summed E-state index contributed by atoms with van der Waals surface area (Å²) in [6.07, 6.45) is 3.08. The predicted octanol–water partition coefficient (Wildman–Crippen LogP) is 3.05. The van der Waals surface area contributed by atoms with E-state index < -0.39 is 11.4 Å². The van der Waals surface area contributed by atoms with E-state index in [0.717, 1.165) is 63.9 Å². The second-order valence-corrected chi connectivity index (χ2v) is 9.13. The first kappa shape index (κ1) is 19.8. The topological polar surface area (TPSA) is 65.9 Å². The van der Waals surface area contributed by atoms with E-state index in [4.69, 9.17) is 0 Å². The molecule has 0 N–H and O–H groups in total. The second-order valence-electron chi connectivity index (χ2n) is 9.13. The van der Waals surface area contributed by atoms with Crippen molar-refractivity contribution in [2.45, 2.75) is 45.6 Å². The molecule has 0 aliphatic carbocycles. The predicted molar refractivity (Wildman–Crippen MR) is 117 cm³/mol. The van der Waals surface area contributed by atoms with Gasteiger partial charge in [0.15, 0.2) is 5.41 Å². The number of carbonyl (C=O) groups is 3. The lowest BCUT2D eigenvalue weighted by Gasteiger charge is -2.54. The van der Waals surface area contributed by atoms with Crippen molar-refractivity contribution in [1.82, 2.24) is 14.4 Å². The Balaban J connectivity index is 1.69. The number of hydrogen-bond acceptors (Lipinski definition) is 4. The van der Waals surface area contributed by atoms with Gasteiger partial charge in [0, 0.05) is 43.4 Å². The number of urea groups is 1. The monoisotopic (exact) mass is 420 g/mol. The fraction of sp³-hybridized carbons (Fsp3) is 0.458. The second kappa shape index (κ2) is 6.70. The van der Waals surface area contributed by atoms with Crippen molar-refractivity contribution in [3.8, 4) is 5.69 Å². The lowest BCUT2D eigenvalue weighted by atomic mass is 9.66. The van der Waals surface area contributed by atoms with Crippen LogP contribution in [0.1, 0.15) is 36.2 Å². The van der Waals surface area contributed by atoms with Gasteiger partial charge in [-0.15, -0.1) is 0 Å². The van der Waals surface area contributed by atoms with Crippen LogP contribution in [-0.2, 0) is 16.0 Å². The standard InChI is InChI=1S/C24H28N4O3/c1-15-8-9-16(2)28(15)18-10-11-19-17(13-18)14-24(20-7-5-6-12-27(19)20)21(29)25(3)23(31)26(4)22(24)30/h8-11,13,20H,5-7,12,14H2,1-4H3/t20-/m0/s1. The highest BCUT2D eigenvalue weighted by atomic mass is 16.2. The Hall–Kier alpha value is -3.09. The average Bonchev–Trinajstić information content (AvgIpc) is 3.12. The first-order valence-electron chi connectivity index (χ1n) is 10.9. The molecule has 2 saturated heterocycles. The van der Waals surface area contributed by atoms with E-state index in [1.54, 1.807) is 0 Å². The summed E-state index contributed by atoms with van der Waals surface area (Å²) in [6, 6.07) is 9.74. The van der Waals surface area contributed by atoms with E-state index in [0.29, 0.717) is 6.42 Å². The maximum absolute atomic E-state index is 13.6. The van der Waals surface area contributed by atoms with E-state index >= 15 is 0 Å². The number of hydrogen-bond donors (Lipinski definition) is 0. The molecule has 5 rings (SSSR count). The van der Waals surface area contributed by atoms with Gasteiger partial charge in [-0.1, -0.05) is 0 Å². The molecule has 3 aliphatic heterocycles. The van der Waals surface area contributed by atoms with Crippen molar-refractivity contribution in [2.75, 3.05) is 25.5 Å². The molecule has 3 aliphatic rings. The summed E-state index contributed by atoms with van der Waals surface area (Å²) in [5.74, 6) is -0.747. The molecule has 1 aromatic carbocycles. The van der Waals surface area contributed by atoms with Crippen molar-refractivity contribution in [1.29, 1.82) is 0 Å². The maximum Gasteiger partial charge on any atom is 0.332 e. The van der Waals surface area contributed by atoms with Crippen molar-refractivity contribution < 1.29 is 14.4 Å². The van der Waals surface area contributed by atoms with E-state index in [2.05, 4.69) is 53.6 Å². The van der Waals surface area contributed by atoms with Crippen molar-refractivity contribution in [2.24, 2.45) is 5.41 Å². The Morgan fingerprint density at radius 3 is 2.19 bits per heavy atom. The molecule has 7 heteroatoms. The summed E-state index contributed by atoms with van der Waals surface area (Å²) in [6.45, 7) is 4.94. The Kier molecular flexibility index (Phi) is 4.29. The fourth-order valence-electron chi connectivity index (χ4n) is 5.88. The molecule has 1 spiro atoms. The lowest BCUT2D eigenvalue weighted by molar-refractivity contribution is -0.159. The molecule has 0 saturated carbocycles. The van der Waals surface area contributed by atoms with Gasteiger partial charge >= 0.3 is 6.03 Å². The van der Waals surface area contributed by atoms with Crippen LogP contribution in [0.25, 0.3) is 5.69 Å². The molecule has 7 nitrogen and oxygen atoms in total. The smallest absolute Gasteiger partial charge is 0.332 e. The number of rotatable bonds is 1. The zero-order chi connectivity index (χ0) is 22.1. The highest BCUT2D eigenvalue weighted by Crippen LogP contribution is 2.49. The molecule has 2 aromatic rings. The number of piperidine rings is 1. The minimum atomic E-state index is -1.26. The Morgan fingerprint density at radius 2 is 1.55 bits per heavy atom. The van der Waals surface area contributed by atoms with E-state index in [9.17, 15) is 14.4 Å². The van der Waals surface area contributed by atoms with Gasteiger partial charge in [-0.05, 0) is 75.4 Å². The molecule has 4 heterocycles. The summed E-state index contributed by atoms with van der Waals surface area (Å²) < 4.78 is 2.18. The number of aryl methyl sites for hydroxylation is 2. The third-order valence-corrected chi connectivity index (χ3v) is 7.39.